The SMILES string of the molecule is O=C(O)C1CCN(C(=O)NC2CCCC3OCCC23)C1. The van der Waals surface area contributed by atoms with Gasteiger partial charge in [0.25, 0.3) is 0 Å². The van der Waals surface area contributed by atoms with Crippen molar-refractivity contribution in [2.75, 3.05) is 19.7 Å². The highest BCUT2D eigenvalue weighted by Gasteiger charge is 2.39. The van der Waals surface area contributed by atoms with E-state index < -0.39 is 11.9 Å². The van der Waals surface area contributed by atoms with Crippen LogP contribution in [-0.2, 0) is 9.53 Å². The van der Waals surface area contributed by atoms with Gasteiger partial charge < -0.3 is 20.1 Å². The molecule has 0 aromatic rings. The molecule has 0 aromatic heterocycles. The smallest absolute Gasteiger partial charge is 0.317 e. The summed E-state index contributed by atoms with van der Waals surface area (Å²) in [6, 6.07) is 0.0823. The Balaban J connectivity index is 1.55. The van der Waals surface area contributed by atoms with Gasteiger partial charge in [0.1, 0.15) is 0 Å². The van der Waals surface area contributed by atoms with E-state index in [0.29, 0.717) is 31.5 Å². The largest absolute Gasteiger partial charge is 0.481 e. The zero-order valence-electron chi connectivity index (χ0n) is 11.6. The fourth-order valence-corrected chi connectivity index (χ4v) is 3.75. The number of hydrogen-bond donors (Lipinski definition) is 2. The number of likely N-dealkylation sites (tertiary alicyclic amines) is 1. The van der Waals surface area contributed by atoms with E-state index in [1.165, 1.54) is 0 Å². The number of carbonyl (C=O) groups is 2. The quantitative estimate of drug-likeness (QED) is 0.794. The van der Waals surface area contributed by atoms with Crippen molar-refractivity contribution in [3.8, 4) is 0 Å². The third kappa shape index (κ3) is 2.61. The second kappa shape index (κ2) is 5.60. The lowest BCUT2D eigenvalue weighted by Gasteiger charge is -2.34. The number of nitrogens with zero attached hydrogens (tertiary/aromatic N) is 1. The first-order valence-electron chi connectivity index (χ1n) is 7.55. The van der Waals surface area contributed by atoms with E-state index >= 15 is 0 Å². The molecule has 4 unspecified atom stereocenters. The summed E-state index contributed by atoms with van der Waals surface area (Å²) in [5.41, 5.74) is 0. The zero-order valence-corrected chi connectivity index (χ0v) is 11.6. The number of urea groups is 1. The molecule has 0 aromatic carbocycles. The van der Waals surface area contributed by atoms with Crippen molar-refractivity contribution in [1.82, 2.24) is 10.2 Å². The molecular weight excluding hydrogens is 260 g/mol. The van der Waals surface area contributed by atoms with Crippen LogP contribution in [0, 0.1) is 11.8 Å². The molecule has 2 aliphatic heterocycles. The molecule has 3 rings (SSSR count). The number of ether oxygens (including phenoxy) is 1. The average molecular weight is 282 g/mol. The predicted molar refractivity (Wildman–Crippen MR) is 71.3 cm³/mol. The summed E-state index contributed by atoms with van der Waals surface area (Å²) in [7, 11) is 0. The average Bonchev–Trinajstić information content (AvgIpc) is 3.08. The fraction of sp³-hybridized carbons (Fsp3) is 0.857. The van der Waals surface area contributed by atoms with Gasteiger partial charge in [-0.2, -0.15) is 0 Å². The molecule has 6 nitrogen and oxygen atoms in total. The summed E-state index contributed by atoms with van der Waals surface area (Å²) < 4.78 is 5.70. The normalized spacial score (nSPS) is 36.7. The van der Waals surface area contributed by atoms with Crippen LogP contribution >= 0.6 is 0 Å². The van der Waals surface area contributed by atoms with E-state index in [0.717, 1.165) is 32.3 Å². The Morgan fingerprint density at radius 2 is 2.05 bits per heavy atom. The molecule has 3 aliphatic rings. The lowest BCUT2D eigenvalue weighted by atomic mass is 9.82. The van der Waals surface area contributed by atoms with Crippen molar-refractivity contribution < 1.29 is 19.4 Å². The number of carbonyl (C=O) groups excluding carboxylic acids is 1. The molecule has 0 spiro atoms. The topological polar surface area (TPSA) is 78.9 Å². The van der Waals surface area contributed by atoms with Crippen molar-refractivity contribution in [2.24, 2.45) is 11.8 Å². The highest BCUT2D eigenvalue weighted by Crippen LogP contribution is 2.34. The summed E-state index contributed by atoms with van der Waals surface area (Å²) >= 11 is 0. The number of amides is 2. The van der Waals surface area contributed by atoms with Crippen molar-refractivity contribution in [1.29, 1.82) is 0 Å². The molecule has 2 N–H and O–H groups in total. The minimum atomic E-state index is -0.803. The minimum Gasteiger partial charge on any atom is -0.481 e. The summed E-state index contributed by atoms with van der Waals surface area (Å²) in [5.74, 6) is -0.775. The standard InChI is InChI=1S/C14H22N2O4/c17-13(18)9-4-6-16(8-9)14(19)15-11-2-1-3-12-10(11)5-7-20-12/h9-12H,1-8H2,(H,15,19)(H,17,18). The minimum absolute atomic E-state index is 0.105. The van der Waals surface area contributed by atoms with Crippen LogP contribution in [-0.4, -0.2) is 53.8 Å². The molecule has 2 heterocycles. The van der Waals surface area contributed by atoms with E-state index in [-0.39, 0.29) is 12.1 Å². The molecule has 1 aliphatic carbocycles. The Labute approximate surface area is 118 Å². The Morgan fingerprint density at radius 3 is 2.80 bits per heavy atom. The van der Waals surface area contributed by atoms with Gasteiger partial charge in [0.05, 0.1) is 12.0 Å². The van der Waals surface area contributed by atoms with Gasteiger partial charge in [0.15, 0.2) is 0 Å². The number of carboxylic acid groups (broad SMARTS) is 1. The van der Waals surface area contributed by atoms with E-state index in [9.17, 15) is 9.59 Å². The summed E-state index contributed by atoms with van der Waals surface area (Å²) in [6.07, 6.45) is 5.08. The number of fused-ring (bicyclic) bond motifs is 1. The predicted octanol–water partition coefficient (Wildman–Crippen LogP) is 1.06. The van der Waals surface area contributed by atoms with Gasteiger partial charge in [0, 0.05) is 31.7 Å². The highest BCUT2D eigenvalue weighted by molar-refractivity contribution is 5.77. The summed E-state index contributed by atoms with van der Waals surface area (Å²) in [4.78, 5) is 24.8. The Bertz CT molecular complexity index is 401. The third-order valence-electron chi connectivity index (χ3n) is 4.91. The Kier molecular flexibility index (Phi) is 3.83. The zero-order chi connectivity index (χ0) is 14.1. The molecule has 3 fully saturated rings. The Morgan fingerprint density at radius 1 is 1.20 bits per heavy atom. The lowest BCUT2D eigenvalue weighted by Crippen LogP contribution is -2.50. The van der Waals surface area contributed by atoms with Crippen LogP contribution in [0.4, 0.5) is 4.79 Å². The van der Waals surface area contributed by atoms with Gasteiger partial charge in [0.2, 0.25) is 0 Å². The van der Waals surface area contributed by atoms with Crippen molar-refractivity contribution >= 4 is 12.0 Å². The Hall–Kier alpha value is -1.30. The molecule has 112 valence electrons. The van der Waals surface area contributed by atoms with E-state index in [1.54, 1.807) is 4.90 Å². The third-order valence-corrected chi connectivity index (χ3v) is 4.91. The molecule has 4 atom stereocenters. The number of carboxylic acids is 1. The van der Waals surface area contributed by atoms with Gasteiger partial charge in [-0.1, -0.05) is 0 Å². The van der Waals surface area contributed by atoms with Crippen LogP contribution in [0.2, 0.25) is 0 Å². The molecule has 20 heavy (non-hydrogen) atoms. The van der Waals surface area contributed by atoms with Crippen LogP contribution < -0.4 is 5.32 Å². The summed E-state index contributed by atoms with van der Waals surface area (Å²) in [6.45, 7) is 1.67. The fourth-order valence-electron chi connectivity index (χ4n) is 3.75. The lowest BCUT2D eigenvalue weighted by molar-refractivity contribution is -0.141. The van der Waals surface area contributed by atoms with Crippen molar-refractivity contribution in [2.45, 2.75) is 44.2 Å². The van der Waals surface area contributed by atoms with E-state index in [1.807, 2.05) is 0 Å². The maximum atomic E-state index is 12.3. The first-order valence-corrected chi connectivity index (χ1v) is 7.55. The van der Waals surface area contributed by atoms with Crippen LogP contribution in [0.15, 0.2) is 0 Å². The number of aliphatic carboxylic acids is 1. The second-order valence-electron chi connectivity index (χ2n) is 6.12. The maximum Gasteiger partial charge on any atom is 0.317 e. The monoisotopic (exact) mass is 282 g/mol. The summed E-state index contributed by atoms with van der Waals surface area (Å²) in [5, 5.41) is 12.1. The van der Waals surface area contributed by atoms with Crippen LogP contribution in [0.5, 0.6) is 0 Å². The molecule has 2 amide bonds. The van der Waals surface area contributed by atoms with Gasteiger partial charge in [-0.15, -0.1) is 0 Å². The van der Waals surface area contributed by atoms with E-state index in [4.69, 9.17) is 9.84 Å². The van der Waals surface area contributed by atoms with Gasteiger partial charge in [-0.3, -0.25) is 4.79 Å². The van der Waals surface area contributed by atoms with Gasteiger partial charge in [-0.25, -0.2) is 4.79 Å². The molecule has 6 heteroatoms. The molecule has 2 saturated heterocycles. The van der Waals surface area contributed by atoms with Crippen molar-refractivity contribution in [3.63, 3.8) is 0 Å². The van der Waals surface area contributed by atoms with Crippen molar-refractivity contribution in [3.05, 3.63) is 0 Å². The van der Waals surface area contributed by atoms with E-state index in [2.05, 4.69) is 5.32 Å². The maximum absolute atomic E-state index is 12.3. The first-order chi connectivity index (χ1) is 9.65. The van der Waals surface area contributed by atoms with Gasteiger partial charge in [-0.05, 0) is 32.1 Å². The van der Waals surface area contributed by atoms with Crippen LogP contribution in [0.3, 0.4) is 0 Å². The molecule has 0 radical (unpaired) electrons. The molecule has 0 bridgehead atoms. The number of rotatable bonds is 2. The first kappa shape index (κ1) is 13.7. The molecule has 1 saturated carbocycles. The van der Waals surface area contributed by atoms with Gasteiger partial charge >= 0.3 is 12.0 Å². The van der Waals surface area contributed by atoms with Crippen LogP contribution in [0.1, 0.15) is 32.1 Å². The number of hydrogen-bond acceptors (Lipinski definition) is 3. The molecular formula is C14H22N2O4. The second-order valence-corrected chi connectivity index (χ2v) is 6.12. The number of nitrogens with one attached hydrogen (secondary N) is 1. The highest BCUT2D eigenvalue weighted by atomic mass is 16.5. The van der Waals surface area contributed by atoms with Crippen LogP contribution in [0.25, 0.3) is 0 Å².